The van der Waals surface area contributed by atoms with Gasteiger partial charge in [-0.3, -0.25) is 4.79 Å². The molecule has 0 spiro atoms. The largest absolute Gasteiger partial charge is 0.508 e. The first-order valence-corrected chi connectivity index (χ1v) is 10.0. The van der Waals surface area contributed by atoms with Gasteiger partial charge in [-0.1, -0.05) is 12.1 Å². The number of carbonyl (C=O) groups excluding carboxylic acids is 1. The van der Waals surface area contributed by atoms with Gasteiger partial charge < -0.3 is 40.1 Å². The van der Waals surface area contributed by atoms with Crippen molar-refractivity contribution in [1.82, 2.24) is 0 Å². The fraction of sp³-hybridized carbons (Fsp3) is 0.571. The molecule has 30 heavy (non-hydrogen) atoms. The minimum absolute atomic E-state index is 0.0767. The van der Waals surface area contributed by atoms with Crippen molar-refractivity contribution in [2.45, 2.75) is 55.6 Å². The number of aromatic hydroxyl groups is 1. The van der Waals surface area contributed by atoms with Crippen LogP contribution in [0.2, 0.25) is 0 Å². The monoisotopic (exact) mass is 422 g/mol. The molecular weight excluding hydrogens is 396 g/mol. The zero-order chi connectivity index (χ0) is 21.6. The molecule has 9 atom stereocenters. The maximum absolute atomic E-state index is 13.2. The molecule has 9 nitrogen and oxygen atoms in total. The molecule has 1 aromatic rings. The minimum atomic E-state index is -1.45. The number of allylic oxidation sites excluding steroid dienone is 1. The lowest BCUT2D eigenvalue weighted by atomic mass is 9.69. The van der Waals surface area contributed by atoms with E-state index in [-0.39, 0.29) is 18.0 Å². The first-order valence-electron chi connectivity index (χ1n) is 10.0. The summed E-state index contributed by atoms with van der Waals surface area (Å²) in [7, 11) is 0. The van der Waals surface area contributed by atoms with E-state index < -0.39 is 61.2 Å². The highest BCUT2D eigenvalue weighted by molar-refractivity contribution is 6.22. The van der Waals surface area contributed by atoms with Gasteiger partial charge in [0.25, 0.3) is 0 Å². The van der Waals surface area contributed by atoms with Crippen LogP contribution in [0.15, 0.2) is 30.5 Å². The lowest BCUT2D eigenvalue weighted by Crippen LogP contribution is -2.55. The van der Waals surface area contributed by atoms with Gasteiger partial charge in [0.1, 0.15) is 36.3 Å². The molecule has 2 fully saturated rings. The Morgan fingerprint density at radius 3 is 2.40 bits per heavy atom. The highest BCUT2D eigenvalue weighted by atomic mass is 16.6. The van der Waals surface area contributed by atoms with Crippen LogP contribution >= 0.6 is 0 Å². The van der Waals surface area contributed by atoms with E-state index in [2.05, 4.69) is 0 Å². The third-order valence-corrected chi connectivity index (χ3v) is 6.40. The summed E-state index contributed by atoms with van der Waals surface area (Å²) in [5.74, 6) is -1.49. The van der Waals surface area contributed by atoms with Gasteiger partial charge in [-0.2, -0.15) is 0 Å². The number of rotatable bonds is 4. The number of fused-ring (bicyclic) bond motifs is 1. The molecule has 2 heterocycles. The Bertz CT molecular complexity index is 807. The van der Waals surface area contributed by atoms with Crippen LogP contribution in [0.4, 0.5) is 0 Å². The zero-order valence-corrected chi connectivity index (χ0v) is 16.1. The van der Waals surface area contributed by atoms with Crippen LogP contribution in [0.1, 0.15) is 18.4 Å². The van der Waals surface area contributed by atoms with Gasteiger partial charge >= 0.3 is 0 Å². The number of benzene rings is 1. The van der Waals surface area contributed by atoms with Crippen molar-refractivity contribution >= 4 is 11.4 Å². The molecular formula is C21H26O9. The van der Waals surface area contributed by atoms with Crippen molar-refractivity contribution in [3.63, 3.8) is 0 Å². The fourth-order valence-corrected chi connectivity index (χ4v) is 4.79. The normalized spacial score (nSPS) is 39.8. The summed E-state index contributed by atoms with van der Waals surface area (Å²) in [4.78, 5) is 13.2. The number of aliphatic hydroxyl groups is 5. The number of carbonyl (C=O) groups is 1. The Kier molecular flexibility index (Phi) is 5.84. The molecule has 0 radical (unpaired) electrons. The lowest BCUT2D eigenvalue weighted by Gasteiger charge is -2.44. The summed E-state index contributed by atoms with van der Waals surface area (Å²) in [6.45, 7) is -0.659. The number of Topliss-reactive ketones (excluding diaryl/α,β-unsaturated/α-hetero) is 1. The topological polar surface area (TPSA) is 157 Å². The molecule has 0 amide bonds. The number of phenolic OH excluding ortho intramolecular Hbond substituents is 1. The van der Waals surface area contributed by atoms with E-state index in [9.17, 15) is 30.3 Å². The van der Waals surface area contributed by atoms with Gasteiger partial charge in [-0.25, -0.2) is 0 Å². The van der Waals surface area contributed by atoms with Gasteiger partial charge in [0.05, 0.1) is 42.5 Å². The molecule has 9 heteroatoms. The molecule has 0 aromatic heterocycles. The predicted molar refractivity (Wildman–Crippen MR) is 102 cm³/mol. The molecule has 4 rings (SSSR count). The molecule has 1 saturated heterocycles. The fourth-order valence-electron chi connectivity index (χ4n) is 4.79. The van der Waals surface area contributed by atoms with Crippen molar-refractivity contribution in [2.24, 2.45) is 11.8 Å². The Labute approximate surface area is 172 Å². The maximum Gasteiger partial charge on any atom is 0.173 e. The Balaban J connectivity index is 1.60. The molecule has 4 unspecified atom stereocenters. The lowest BCUT2D eigenvalue weighted by molar-refractivity contribution is -0.161. The van der Waals surface area contributed by atoms with Gasteiger partial charge in [0.2, 0.25) is 0 Å². The third-order valence-electron chi connectivity index (χ3n) is 6.40. The Hall–Kier alpha value is -2.01. The average Bonchev–Trinajstić information content (AvgIpc) is 3.03. The first kappa shape index (κ1) is 21.2. The molecule has 1 saturated carbocycles. The first-order chi connectivity index (χ1) is 14.3. The van der Waals surface area contributed by atoms with Crippen LogP contribution in [0.25, 0.3) is 5.57 Å². The highest BCUT2D eigenvalue weighted by Crippen LogP contribution is 2.44. The van der Waals surface area contributed by atoms with Crippen molar-refractivity contribution in [3.05, 3.63) is 36.1 Å². The number of aliphatic hydroxyl groups excluding tert-OH is 5. The van der Waals surface area contributed by atoms with Gasteiger partial charge in [-0.05, 0) is 30.5 Å². The van der Waals surface area contributed by atoms with Crippen LogP contribution in [0, 0.1) is 11.8 Å². The van der Waals surface area contributed by atoms with E-state index in [0.717, 1.165) is 0 Å². The van der Waals surface area contributed by atoms with Crippen LogP contribution in [-0.2, 0) is 14.3 Å². The van der Waals surface area contributed by atoms with E-state index in [1.54, 1.807) is 12.1 Å². The second-order valence-corrected chi connectivity index (χ2v) is 8.17. The van der Waals surface area contributed by atoms with E-state index in [1.807, 2.05) is 0 Å². The number of ether oxygens (including phenoxy) is 2. The second kappa shape index (κ2) is 8.26. The van der Waals surface area contributed by atoms with Crippen molar-refractivity contribution < 1.29 is 44.9 Å². The molecule has 2 aliphatic heterocycles. The predicted octanol–water partition coefficient (Wildman–Crippen LogP) is -1.07. The SMILES string of the molecule is O=C1C(c2ccc(O)cc2)=COC2C1CCC(O)C2[C@H]1O[C@H]([C@H](O)CO)[C@H](O)[C@H]1O. The average molecular weight is 422 g/mol. The van der Waals surface area contributed by atoms with Crippen LogP contribution < -0.4 is 0 Å². The Morgan fingerprint density at radius 1 is 1.03 bits per heavy atom. The standard InChI is InChI=1S/C21H26O9/c22-7-14(25)20-17(27)18(28)21(30-20)15-13(24)6-5-11-16(26)12(8-29-19(11)15)9-1-3-10(23)4-2-9/h1-4,8,11,13-15,17-25,27-28H,5-7H2/t11?,13?,14-,15?,17-,18-,19?,20-,21-/m1/s1. The highest BCUT2D eigenvalue weighted by Gasteiger charge is 2.56. The van der Waals surface area contributed by atoms with E-state index in [1.165, 1.54) is 18.4 Å². The second-order valence-electron chi connectivity index (χ2n) is 8.17. The summed E-state index contributed by atoms with van der Waals surface area (Å²) < 4.78 is 11.5. The number of phenols is 1. The smallest absolute Gasteiger partial charge is 0.173 e. The quantitative estimate of drug-likeness (QED) is 0.355. The zero-order valence-electron chi connectivity index (χ0n) is 16.1. The number of hydrogen-bond acceptors (Lipinski definition) is 9. The van der Waals surface area contributed by atoms with E-state index in [0.29, 0.717) is 17.6 Å². The molecule has 6 N–H and O–H groups in total. The molecule has 3 aliphatic rings. The molecule has 164 valence electrons. The number of ketones is 1. The summed E-state index contributed by atoms with van der Waals surface area (Å²) in [5.41, 5.74) is 0.950. The van der Waals surface area contributed by atoms with Crippen molar-refractivity contribution in [3.8, 4) is 5.75 Å². The summed E-state index contributed by atoms with van der Waals surface area (Å²) in [6.07, 6.45) is -6.31. The molecule has 0 bridgehead atoms. The minimum Gasteiger partial charge on any atom is -0.508 e. The van der Waals surface area contributed by atoms with Gasteiger partial charge in [0.15, 0.2) is 5.78 Å². The van der Waals surface area contributed by atoms with Crippen molar-refractivity contribution in [2.75, 3.05) is 6.61 Å². The van der Waals surface area contributed by atoms with E-state index in [4.69, 9.17) is 14.6 Å². The van der Waals surface area contributed by atoms with Crippen LogP contribution in [-0.4, -0.2) is 85.8 Å². The van der Waals surface area contributed by atoms with E-state index >= 15 is 0 Å². The molecule has 1 aliphatic carbocycles. The van der Waals surface area contributed by atoms with Crippen LogP contribution in [0.3, 0.4) is 0 Å². The van der Waals surface area contributed by atoms with Gasteiger partial charge in [0, 0.05) is 0 Å². The maximum atomic E-state index is 13.2. The van der Waals surface area contributed by atoms with Crippen molar-refractivity contribution in [1.29, 1.82) is 0 Å². The summed E-state index contributed by atoms with van der Waals surface area (Å²) in [6, 6.07) is 6.16. The molecule has 1 aromatic carbocycles. The van der Waals surface area contributed by atoms with Gasteiger partial charge in [-0.15, -0.1) is 0 Å². The third kappa shape index (κ3) is 3.51. The van der Waals surface area contributed by atoms with Crippen LogP contribution in [0.5, 0.6) is 5.75 Å². The summed E-state index contributed by atoms with van der Waals surface area (Å²) >= 11 is 0. The number of hydrogen-bond donors (Lipinski definition) is 6. The Morgan fingerprint density at radius 2 is 1.73 bits per heavy atom. The summed E-state index contributed by atoms with van der Waals surface area (Å²) in [5, 5.41) is 59.8.